The summed E-state index contributed by atoms with van der Waals surface area (Å²) in [5.41, 5.74) is 0.360. The number of hydrogen-bond donors (Lipinski definition) is 19. The van der Waals surface area contributed by atoms with Gasteiger partial charge < -0.3 is 149 Å². The molecule has 4 fully saturated rings. The van der Waals surface area contributed by atoms with E-state index in [9.17, 15) is 107 Å². The molecule has 0 radical (unpaired) electrons. The number of carbonyl (C=O) groups excluding carboxylic acids is 2. The molecular formula is C57H65O32+. The van der Waals surface area contributed by atoms with Crippen LogP contribution in [0, 0.1) is 0 Å². The van der Waals surface area contributed by atoms with Gasteiger partial charge in [-0.05, 0) is 65.7 Å². The van der Waals surface area contributed by atoms with Gasteiger partial charge in [0.25, 0.3) is 11.9 Å². The molecule has 20 N–H and O–H groups in total. The Morgan fingerprint density at radius 3 is 1.48 bits per heavy atom. The average molecular weight is 1260 g/mol. The van der Waals surface area contributed by atoms with Gasteiger partial charge in [-0.2, -0.15) is 0 Å². The van der Waals surface area contributed by atoms with Gasteiger partial charge in [-0.15, -0.1) is 0 Å². The van der Waals surface area contributed by atoms with Crippen molar-refractivity contribution in [3.8, 4) is 51.7 Å². The Hall–Kier alpha value is -7.68. The topological polar surface area (TPSA) is 524 Å². The Morgan fingerprint density at radius 2 is 0.933 bits per heavy atom. The van der Waals surface area contributed by atoms with Crippen molar-refractivity contribution in [1.29, 1.82) is 0 Å². The lowest BCUT2D eigenvalue weighted by molar-refractivity contribution is -0.364. The van der Waals surface area contributed by atoms with E-state index in [1.807, 2.05) is 0 Å². The second-order valence-electron chi connectivity index (χ2n) is 21.0. The van der Waals surface area contributed by atoms with Crippen LogP contribution in [0.2, 0.25) is 0 Å². The van der Waals surface area contributed by atoms with Crippen LogP contribution in [0.1, 0.15) is 28.4 Å². The fourth-order valence-corrected chi connectivity index (χ4v) is 9.86. The highest BCUT2D eigenvalue weighted by Crippen LogP contribution is 2.48. The van der Waals surface area contributed by atoms with Crippen LogP contribution >= 0.6 is 0 Å². The molecule has 484 valence electrons. The number of esters is 2. The van der Waals surface area contributed by atoms with Gasteiger partial charge in [0.1, 0.15) is 122 Å². The zero-order chi connectivity index (χ0) is 64.3. The molecule has 0 aliphatic carbocycles. The number of phenols is 6. The van der Waals surface area contributed by atoms with Gasteiger partial charge in [0, 0.05) is 24.3 Å². The van der Waals surface area contributed by atoms with E-state index in [1.165, 1.54) is 36.4 Å². The molecular weight excluding hydrogens is 1200 g/mol. The van der Waals surface area contributed by atoms with Crippen molar-refractivity contribution in [2.45, 2.75) is 129 Å². The van der Waals surface area contributed by atoms with Gasteiger partial charge in [-0.3, -0.25) is 0 Å². The summed E-state index contributed by atoms with van der Waals surface area (Å²) < 4.78 is 62.1. The minimum absolute atomic E-state index is 0.0501. The van der Waals surface area contributed by atoms with Crippen LogP contribution in [-0.4, -0.2) is 263 Å². The molecule has 32 heteroatoms. The zero-order valence-corrected chi connectivity index (χ0v) is 46.0. The molecule has 0 spiro atoms. The van der Waals surface area contributed by atoms with Crippen molar-refractivity contribution in [2.24, 2.45) is 0 Å². The number of phenolic OH excluding ortho intramolecular Hbond substituents is 6. The predicted molar refractivity (Wildman–Crippen MR) is 290 cm³/mol. The highest BCUT2D eigenvalue weighted by atomic mass is 16.8. The summed E-state index contributed by atoms with van der Waals surface area (Å²) >= 11 is 0. The Bertz CT molecular complexity index is 3220. The molecule has 5 aliphatic heterocycles. The van der Waals surface area contributed by atoms with Gasteiger partial charge in [-0.1, -0.05) is 12.1 Å². The zero-order valence-electron chi connectivity index (χ0n) is 46.0. The molecule has 21 atom stereocenters. The molecule has 4 aromatic carbocycles. The third kappa shape index (κ3) is 14.7. The molecule has 0 bridgehead atoms. The minimum atomic E-state index is -2.22. The maximum atomic E-state index is 13.1. The van der Waals surface area contributed by atoms with Gasteiger partial charge in [0.05, 0.1) is 24.8 Å². The van der Waals surface area contributed by atoms with E-state index in [-0.39, 0.29) is 45.3 Å². The molecule has 0 saturated carbocycles. The van der Waals surface area contributed by atoms with Gasteiger partial charge >= 0.3 is 11.9 Å². The molecule has 21 unspecified atom stereocenters. The average Bonchev–Trinajstić information content (AvgIpc) is 1.10. The Balaban J connectivity index is 0.980. The Kier molecular flexibility index (Phi) is 20.7. The number of aliphatic hydroxyl groups is 14. The lowest BCUT2D eigenvalue weighted by atomic mass is 9.97. The number of fused-ring (bicyclic) bond motifs is 1. The standard InChI is InChI=1S/C57H64O32/c58-17-35-41(68)45(72)49(76)54(85-35)82-32-15-24(60)14-31-25(32)16-34(52(81-31)23-5-8-27(62)30(65)13-23)84-57-53(48(75)44(71)38(88-57)20-80-39(66)9-3-21-1-6-26(61)29(64)11-21)89-56-51(78)47(74)43(70)37(87-56)19-79-40(67)10-4-22-2-7-28(63)33(12-22)83-55-50(77)46(73)42(69)36(18-59)86-55/h1-16,35-38,41-65,68-78H,17-20H2/p+1. The first kappa shape index (κ1) is 65.8. The Morgan fingerprint density at radius 1 is 0.461 bits per heavy atom. The highest BCUT2D eigenvalue weighted by Gasteiger charge is 2.54. The molecule has 89 heavy (non-hydrogen) atoms. The summed E-state index contributed by atoms with van der Waals surface area (Å²) in [4.78, 5) is 26.1. The van der Waals surface area contributed by atoms with Gasteiger partial charge in [0.2, 0.25) is 18.9 Å². The summed E-state index contributed by atoms with van der Waals surface area (Å²) in [6, 6.07) is 12.9. The summed E-state index contributed by atoms with van der Waals surface area (Å²) in [6.07, 6.45) is -34.0. The minimum Gasteiger partial charge on any atom is -0.571 e. The molecule has 5 aliphatic rings. The number of aromatic hydroxyl groups is 7. The fraction of sp³-hybridized carbons (Fsp3) is 0.439. The quantitative estimate of drug-likeness (QED) is 0.0183. The largest absolute Gasteiger partial charge is 0.571 e. The molecule has 0 amide bonds. The van der Waals surface area contributed by atoms with E-state index in [0.29, 0.717) is 0 Å². The van der Waals surface area contributed by atoms with Crippen molar-refractivity contribution in [2.75, 3.05) is 26.4 Å². The van der Waals surface area contributed by atoms with E-state index in [1.54, 1.807) is 0 Å². The summed E-state index contributed by atoms with van der Waals surface area (Å²) in [5, 5.41) is 201. The number of rotatable bonds is 19. The number of aliphatic hydroxyl groups excluding tert-OH is 13. The van der Waals surface area contributed by atoms with Crippen LogP contribution in [0.3, 0.4) is 0 Å². The van der Waals surface area contributed by atoms with Crippen LogP contribution in [0.25, 0.3) is 18.2 Å². The Labute approximate surface area is 501 Å². The van der Waals surface area contributed by atoms with E-state index in [2.05, 4.69) is 4.74 Å². The maximum Gasteiger partial charge on any atom is 0.330 e. The van der Waals surface area contributed by atoms with Crippen molar-refractivity contribution in [3.63, 3.8) is 0 Å². The van der Waals surface area contributed by atoms with Crippen LogP contribution in [0.5, 0.6) is 51.7 Å². The SMILES string of the molecule is O=C(C=Cc1ccc(O)c(OC2OC(CO)C(O)C(O)C2O)c1)OCC1OC(OC2C(OC3=Cc4c(OC5OC(CO)C(O)C(O)C5O)cc(O)cc4[OH+]C3c3ccc(O)c(O)c3)OC(COC(=O)C=Cc3ccc(O)c(O)c3)C(O)C2O)C(O)C(O)C1O. The van der Waals surface area contributed by atoms with Crippen LogP contribution in [0.15, 0.2) is 84.6 Å². The third-order valence-corrected chi connectivity index (χ3v) is 14.9. The number of ether oxygens (including phenoxy) is 11. The van der Waals surface area contributed by atoms with Crippen LogP contribution in [-0.2, 0) is 47.5 Å². The third-order valence-electron chi connectivity index (χ3n) is 14.9. The van der Waals surface area contributed by atoms with Crippen LogP contribution in [0.4, 0.5) is 0 Å². The van der Waals surface area contributed by atoms with Crippen LogP contribution < -0.4 is 9.47 Å². The van der Waals surface area contributed by atoms with E-state index in [4.69, 9.17) is 47.4 Å². The first-order valence-corrected chi connectivity index (χ1v) is 27.2. The molecule has 4 saturated heterocycles. The van der Waals surface area contributed by atoms with Gasteiger partial charge in [0.15, 0.2) is 52.7 Å². The number of carbonyl (C=O) groups is 2. The second kappa shape index (κ2) is 28.0. The molecule has 9 rings (SSSR count). The molecule has 32 nitrogen and oxygen atoms in total. The number of hydrogen-bond acceptors (Lipinski definition) is 31. The van der Waals surface area contributed by atoms with E-state index in [0.717, 1.165) is 60.7 Å². The summed E-state index contributed by atoms with van der Waals surface area (Å²) in [6.45, 7) is -3.34. The lowest BCUT2D eigenvalue weighted by Crippen LogP contribution is -2.64. The molecule has 5 heterocycles. The fourth-order valence-electron chi connectivity index (χ4n) is 9.86. The van der Waals surface area contributed by atoms with Crippen molar-refractivity contribution < 1.29 is 159 Å². The summed E-state index contributed by atoms with van der Waals surface area (Å²) in [5.74, 6) is -6.47. The highest BCUT2D eigenvalue weighted by molar-refractivity contribution is 5.87. The smallest absolute Gasteiger partial charge is 0.330 e. The van der Waals surface area contributed by atoms with Gasteiger partial charge in [-0.25, -0.2) is 9.59 Å². The maximum absolute atomic E-state index is 13.1. The summed E-state index contributed by atoms with van der Waals surface area (Å²) in [7, 11) is 0. The monoisotopic (exact) mass is 1260 g/mol. The van der Waals surface area contributed by atoms with E-state index >= 15 is 0 Å². The predicted octanol–water partition coefficient (Wildman–Crippen LogP) is -4.22. The second-order valence-corrected chi connectivity index (χ2v) is 21.0. The van der Waals surface area contributed by atoms with E-state index < -0.39 is 202 Å². The van der Waals surface area contributed by atoms with Crippen molar-refractivity contribution in [3.05, 3.63) is 107 Å². The van der Waals surface area contributed by atoms with Crippen molar-refractivity contribution >= 4 is 30.2 Å². The first-order chi connectivity index (χ1) is 42.3. The lowest BCUT2D eigenvalue weighted by Gasteiger charge is -2.46. The normalized spacial score (nSPS) is 33.8. The number of benzene rings is 4. The molecule has 4 aromatic rings. The first-order valence-electron chi connectivity index (χ1n) is 27.2. The van der Waals surface area contributed by atoms with Crippen molar-refractivity contribution in [1.82, 2.24) is 0 Å². The molecule has 0 aromatic heterocycles.